The van der Waals surface area contributed by atoms with Crippen molar-refractivity contribution >= 4 is 24.0 Å². The zero-order valence-corrected chi connectivity index (χ0v) is 19.5. The molecule has 1 aliphatic rings. The molecular weight excluding hydrogens is 450 g/mol. The first-order valence-corrected chi connectivity index (χ1v) is 10.9. The molecule has 1 aromatic rings. The topological polar surface area (TPSA) is 136 Å². The highest BCUT2D eigenvalue weighted by molar-refractivity contribution is 5.68. The Labute approximate surface area is 198 Å². The third kappa shape index (κ3) is 10.2. The number of esters is 3. The lowest BCUT2D eigenvalue weighted by atomic mass is 10.0. The average molecular weight is 481 g/mol. The van der Waals surface area contributed by atoms with Gasteiger partial charge in [0.1, 0.15) is 25.4 Å². The van der Waals surface area contributed by atoms with Gasteiger partial charge >= 0.3 is 24.0 Å². The number of carbonyl (C=O) groups is 4. The van der Waals surface area contributed by atoms with Crippen molar-refractivity contribution in [3.8, 4) is 0 Å². The maximum atomic E-state index is 11.8. The molecule has 188 valence electrons. The molecule has 4 atom stereocenters. The van der Waals surface area contributed by atoms with Crippen LogP contribution in [-0.4, -0.2) is 68.4 Å². The highest BCUT2D eigenvalue weighted by atomic mass is 16.7. The second-order valence-corrected chi connectivity index (χ2v) is 7.58. The first-order chi connectivity index (χ1) is 16.2. The summed E-state index contributed by atoms with van der Waals surface area (Å²) < 4.78 is 32.2. The average Bonchev–Trinajstić information content (AvgIpc) is 2.78. The van der Waals surface area contributed by atoms with E-state index < -0.39 is 48.6 Å². The summed E-state index contributed by atoms with van der Waals surface area (Å²) in [4.78, 5) is 46.1. The molecule has 11 heteroatoms. The van der Waals surface area contributed by atoms with Gasteiger partial charge in [0.2, 0.25) is 0 Å². The van der Waals surface area contributed by atoms with E-state index in [2.05, 4.69) is 5.32 Å². The minimum absolute atomic E-state index is 0.112. The van der Waals surface area contributed by atoms with Gasteiger partial charge in [-0.05, 0) is 12.0 Å². The Morgan fingerprint density at radius 1 is 0.971 bits per heavy atom. The number of amides is 1. The van der Waals surface area contributed by atoms with Gasteiger partial charge in [0, 0.05) is 33.7 Å². The Kier molecular flexibility index (Phi) is 11.3. The van der Waals surface area contributed by atoms with E-state index in [0.29, 0.717) is 13.0 Å². The van der Waals surface area contributed by atoms with Crippen LogP contribution in [0.25, 0.3) is 0 Å². The van der Waals surface area contributed by atoms with Crippen molar-refractivity contribution in [2.45, 2.75) is 64.8 Å². The zero-order valence-electron chi connectivity index (χ0n) is 19.5. The lowest BCUT2D eigenvalue weighted by Crippen LogP contribution is -2.54. The van der Waals surface area contributed by atoms with Crippen LogP contribution in [0.4, 0.5) is 4.79 Å². The van der Waals surface area contributed by atoms with E-state index in [1.54, 1.807) is 0 Å². The van der Waals surface area contributed by atoms with E-state index >= 15 is 0 Å². The fraction of sp³-hybridized carbons (Fsp3) is 0.565. The van der Waals surface area contributed by atoms with Gasteiger partial charge in [-0.3, -0.25) is 14.4 Å². The molecule has 1 N–H and O–H groups in total. The van der Waals surface area contributed by atoms with Crippen LogP contribution in [0.2, 0.25) is 0 Å². The molecule has 0 spiro atoms. The molecule has 1 aliphatic heterocycles. The summed E-state index contributed by atoms with van der Waals surface area (Å²) in [6.07, 6.45) is -3.46. The van der Waals surface area contributed by atoms with E-state index in [4.69, 9.17) is 28.4 Å². The molecule has 11 nitrogen and oxygen atoms in total. The standard InChI is InChI=1S/C23H31NO10/c1-15(25)30-14-20-22(33-17(3)27)19(32-16(2)26)12-21(34-20)29-11-7-10-24-23(28)31-13-18-8-5-4-6-9-18/h4-6,8-9,19-22H,7,10-14H2,1-3H3,(H,24,28). The van der Waals surface area contributed by atoms with Crippen LogP contribution in [0, 0.1) is 0 Å². The fourth-order valence-corrected chi connectivity index (χ4v) is 3.26. The van der Waals surface area contributed by atoms with Gasteiger partial charge in [-0.25, -0.2) is 4.79 Å². The molecule has 1 fully saturated rings. The molecule has 4 unspecified atom stereocenters. The summed E-state index contributed by atoms with van der Waals surface area (Å²) in [5.41, 5.74) is 0.883. The first-order valence-electron chi connectivity index (χ1n) is 10.9. The molecule has 0 aromatic heterocycles. The zero-order chi connectivity index (χ0) is 24.9. The normalized spacial score (nSPS) is 21.7. The summed E-state index contributed by atoms with van der Waals surface area (Å²) in [5.74, 6) is -1.70. The maximum Gasteiger partial charge on any atom is 0.407 e. The van der Waals surface area contributed by atoms with Crippen molar-refractivity contribution in [1.82, 2.24) is 5.32 Å². The summed E-state index contributed by atoms with van der Waals surface area (Å²) >= 11 is 0. The molecule has 0 aliphatic carbocycles. The van der Waals surface area contributed by atoms with Gasteiger partial charge in [0.25, 0.3) is 0 Å². The van der Waals surface area contributed by atoms with Gasteiger partial charge in [-0.2, -0.15) is 0 Å². The number of carbonyl (C=O) groups excluding carboxylic acids is 4. The minimum atomic E-state index is -0.957. The van der Waals surface area contributed by atoms with E-state index in [9.17, 15) is 19.2 Å². The molecule has 2 rings (SSSR count). The quantitative estimate of drug-likeness (QED) is 0.283. The Bertz CT molecular complexity index is 815. The Morgan fingerprint density at radius 2 is 1.68 bits per heavy atom. The van der Waals surface area contributed by atoms with Gasteiger partial charge in [-0.1, -0.05) is 30.3 Å². The third-order valence-corrected chi connectivity index (χ3v) is 4.66. The van der Waals surface area contributed by atoms with Crippen molar-refractivity contribution in [3.63, 3.8) is 0 Å². The Balaban J connectivity index is 1.80. The van der Waals surface area contributed by atoms with Crippen LogP contribution in [0.5, 0.6) is 0 Å². The van der Waals surface area contributed by atoms with E-state index in [1.165, 1.54) is 20.8 Å². The van der Waals surface area contributed by atoms with E-state index in [0.717, 1.165) is 5.56 Å². The number of hydrogen-bond acceptors (Lipinski definition) is 10. The van der Waals surface area contributed by atoms with Gasteiger partial charge in [-0.15, -0.1) is 0 Å². The number of nitrogens with one attached hydrogen (secondary N) is 1. The van der Waals surface area contributed by atoms with Crippen LogP contribution in [0.3, 0.4) is 0 Å². The van der Waals surface area contributed by atoms with Crippen molar-refractivity contribution in [1.29, 1.82) is 0 Å². The Hall–Kier alpha value is -3.18. The van der Waals surface area contributed by atoms with Crippen LogP contribution >= 0.6 is 0 Å². The molecule has 1 aromatic carbocycles. The number of benzene rings is 1. The summed E-state index contributed by atoms with van der Waals surface area (Å²) in [7, 11) is 0. The van der Waals surface area contributed by atoms with E-state index in [-0.39, 0.29) is 26.2 Å². The predicted molar refractivity (Wildman–Crippen MR) is 116 cm³/mol. The first kappa shape index (κ1) is 27.1. The molecule has 1 heterocycles. The summed E-state index contributed by atoms with van der Waals surface area (Å²) in [6, 6.07) is 9.31. The monoisotopic (exact) mass is 481 g/mol. The molecule has 1 saturated heterocycles. The van der Waals surface area contributed by atoms with Crippen molar-refractivity contribution < 1.29 is 47.6 Å². The lowest BCUT2D eigenvalue weighted by Gasteiger charge is -2.39. The van der Waals surface area contributed by atoms with Crippen molar-refractivity contribution in [3.05, 3.63) is 35.9 Å². The maximum absolute atomic E-state index is 11.8. The number of hydrogen-bond donors (Lipinski definition) is 1. The predicted octanol–water partition coefficient (Wildman–Crippen LogP) is 1.86. The summed E-state index contributed by atoms with van der Waals surface area (Å²) in [5, 5.41) is 2.63. The second kappa shape index (κ2) is 14.2. The molecule has 0 saturated carbocycles. The largest absolute Gasteiger partial charge is 0.463 e. The molecule has 0 bridgehead atoms. The smallest absolute Gasteiger partial charge is 0.407 e. The minimum Gasteiger partial charge on any atom is -0.463 e. The SMILES string of the molecule is CC(=O)OCC1OC(OCCCNC(=O)OCc2ccccc2)CC(OC(C)=O)C1OC(C)=O. The molecule has 0 radical (unpaired) electrons. The van der Waals surface area contributed by atoms with E-state index in [1.807, 2.05) is 30.3 Å². The third-order valence-electron chi connectivity index (χ3n) is 4.66. The van der Waals surface area contributed by atoms with Crippen LogP contribution in [-0.2, 0) is 49.4 Å². The molecule has 1 amide bonds. The second-order valence-electron chi connectivity index (χ2n) is 7.58. The van der Waals surface area contributed by atoms with Gasteiger partial charge < -0.3 is 33.7 Å². The van der Waals surface area contributed by atoms with Crippen LogP contribution < -0.4 is 5.32 Å². The summed E-state index contributed by atoms with van der Waals surface area (Å²) in [6.45, 7) is 4.17. The molecule has 34 heavy (non-hydrogen) atoms. The number of rotatable bonds is 11. The Morgan fingerprint density at radius 3 is 2.32 bits per heavy atom. The molecular formula is C23H31NO10. The highest BCUT2D eigenvalue weighted by Gasteiger charge is 2.44. The number of ether oxygens (including phenoxy) is 6. The van der Waals surface area contributed by atoms with Crippen LogP contribution in [0.15, 0.2) is 30.3 Å². The van der Waals surface area contributed by atoms with Gasteiger partial charge in [0.05, 0.1) is 6.61 Å². The number of alkyl carbamates (subject to hydrolysis) is 1. The highest BCUT2D eigenvalue weighted by Crippen LogP contribution is 2.27. The van der Waals surface area contributed by atoms with Crippen LogP contribution in [0.1, 0.15) is 39.2 Å². The fourth-order valence-electron chi connectivity index (χ4n) is 3.26. The van der Waals surface area contributed by atoms with Crippen molar-refractivity contribution in [2.75, 3.05) is 19.8 Å². The lowest BCUT2D eigenvalue weighted by molar-refractivity contribution is -0.266. The van der Waals surface area contributed by atoms with Gasteiger partial charge in [0.15, 0.2) is 12.4 Å². The van der Waals surface area contributed by atoms with Crippen molar-refractivity contribution in [2.24, 2.45) is 0 Å².